The first-order chi connectivity index (χ1) is 10.3. The fourth-order valence-corrected chi connectivity index (χ4v) is 2.84. The van der Waals surface area contributed by atoms with Gasteiger partial charge in [-0.1, -0.05) is 49.0 Å². The van der Waals surface area contributed by atoms with Gasteiger partial charge in [0.05, 0.1) is 12.2 Å². The van der Waals surface area contributed by atoms with E-state index in [2.05, 4.69) is 22.2 Å². The monoisotopic (exact) mass is 295 g/mol. The molecular weight excluding hydrogens is 278 g/mol. The quantitative estimate of drug-likeness (QED) is 0.855. The van der Waals surface area contributed by atoms with Crippen molar-refractivity contribution in [1.82, 2.24) is 0 Å². The van der Waals surface area contributed by atoms with Crippen molar-refractivity contribution in [2.45, 2.75) is 12.2 Å². The number of anilines is 1. The molecule has 1 N–H and O–H groups in total. The van der Waals surface area contributed by atoms with Gasteiger partial charge in [0.2, 0.25) is 0 Å². The molecule has 2 aromatic carbocycles. The first-order valence-electron chi connectivity index (χ1n) is 6.97. The lowest BCUT2D eigenvalue weighted by Crippen LogP contribution is -2.05. The molecule has 2 aromatic rings. The number of benzene rings is 2. The predicted octanol–water partition coefficient (Wildman–Crippen LogP) is 4.34. The van der Waals surface area contributed by atoms with Crippen LogP contribution in [0.15, 0.2) is 64.6 Å². The highest BCUT2D eigenvalue weighted by Crippen LogP contribution is 2.23. The topological polar surface area (TPSA) is 36.8 Å². The molecule has 21 heavy (non-hydrogen) atoms. The van der Waals surface area contributed by atoms with Crippen LogP contribution in [-0.4, -0.2) is 23.2 Å². The van der Waals surface area contributed by atoms with E-state index in [0.29, 0.717) is 5.25 Å². The Hall–Kier alpha value is -2.07. The van der Waals surface area contributed by atoms with Gasteiger partial charge in [0.15, 0.2) is 5.17 Å². The lowest BCUT2D eigenvalue weighted by Gasteiger charge is -2.05. The first-order valence-corrected chi connectivity index (χ1v) is 7.85. The minimum atomic E-state index is 0.572. The lowest BCUT2D eigenvalue weighted by molar-refractivity contribution is 0.976. The average molecular weight is 295 g/mol. The molecule has 0 radical (unpaired) electrons. The van der Waals surface area contributed by atoms with Gasteiger partial charge >= 0.3 is 0 Å². The number of hydrogen-bond donors (Lipinski definition) is 1. The van der Waals surface area contributed by atoms with Gasteiger partial charge in [-0.25, -0.2) is 0 Å². The third-order valence-electron chi connectivity index (χ3n) is 3.09. The molecular formula is C17H17N3S. The summed E-state index contributed by atoms with van der Waals surface area (Å²) in [6.07, 6.45) is 1.88. The van der Waals surface area contributed by atoms with Gasteiger partial charge in [-0.2, -0.15) is 0 Å². The highest BCUT2D eigenvalue weighted by Gasteiger charge is 2.14. The number of hydrogen-bond acceptors (Lipinski definition) is 4. The third-order valence-corrected chi connectivity index (χ3v) is 4.09. The van der Waals surface area contributed by atoms with Gasteiger partial charge in [-0.3, -0.25) is 9.98 Å². The van der Waals surface area contributed by atoms with Gasteiger partial charge in [-0.05, 0) is 29.8 Å². The normalized spacial score (nSPS) is 18.0. The van der Waals surface area contributed by atoms with Crippen LogP contribution >= 0.6 is 11.8 Å². The minimum Gasteiger partial charge on any atom is -0.335 e. The zero-order chi connectivity index (χ0) is 14.5. The van der Waals surface area contributed by atoms with E-state index in [1.807, 2.05) is 60.8 Å². The van der Waals surface area contributed by atoms with E-state index >= 15 is 0 Å². The molecule has 1 atom stereocenters. The molecule has 1 aliphatic rings. The Labute approximate surface area is 129 Å². The fourth-order valence-electron chi connectivity index (χ4n) is 1.99. The Kier molecular flexibility index (Phi) is 4.36. The van der Waals surface area contributed by atoms with E-state index in [1.54, 1.807) is 11.8 Å². The first kappa shape index (κ1) is 13.9. The molecule has 3 rings (SSSR count). The van der Waals surface area contributed by atoms with Gasteiger partial charge < -0.3 is 5.32 Å². The largest absolute Gasteiger partial charge is 0.335 e. The van der Waals surface area contributed by atoms with E-state index in [4.69, 9.17) is 0 Å². The maximum absolute atomic E-state index is 4.47. The summed E-state index contributed by atoms with van der Waals surface area (Å²) in [6, 6.07) is 18.2. The van der Waals surface area contributed by atoms with Crippen LogP contribution in [-0.2, 0) is 0 Å². The second kappa shape index (κ2) is 6.59. The summed E-state index contributed by atoms with van der Waals surface area (Å²) in [7, 11) is 0. The van der Waals surface area contributed by atoms with Crippen LogP contribution in [0.3, 0.4) is 0 Å². The van der Waals surface area contributed by atoms with E-state index in [1.165, 1.54) is 0 Å². The summed E-state index contributed by atoms with van der Waals surface area (Å²) in [4.78, 5) is 8.92. The van der Waals surface area contributed by atoms with Crippen molar-refractivity contribution >= 4 is 34.5 Å². The Morgan fingerprint density at radius 3 is 2.57 bits per heavy atom. The Bertz CT molecular complexity index is 647. The fraction of sp³-hybridized carbons (Fsp3) is 0.176. The molecule has 0 aromatic heterocycles. The van der Waals surface area contributed by atoms with Crippen molar-refractivity contribution in [1.29, 1.82) is 0 Å². The van der Waals surface area contributed by atoms with E-state index in [9.17, 15) is 0 Å². The SMILES string of the molecule is C[C@H]1CN=C(Nc2ccc(N=Cc3ccccc3)cc2)S1. The maximum atomic E-state index is 4.47. The standard InChI is InChI=1S/C17H17N3S/c1-13-11-19-17(21-13)20-16-9-7-15(8-10-16)18-12-14-5-3-2-4-6-14/h2-10,12-13H,11H2,1H3,(H,19,20)/t13-/m0/s1. The van der Waals surface area contributed by atoms with Crippen molar-refractivity contribution in [3.8, 4) is 0 Å². The van der Waals surface area contributed by atoms with Crippen molar-refractivity contribution in [3.63, 3.8) is 0 Å². The summed E-state index contributed by atoms with van der Waals surface area (Å²) < 4.78 is 0. The van der Waals surface area contributed by atoms with Crippen molar-refractivity contribution in [2.75, 3.05) is 11.9 Å². The van der Waals surface area contributed by atoms with Gasteiger partial charge in [0.25, 0.3) is 0 Å². The van der Waals surface area contributed by atoms with Crippen molar-refractivity contribution in [2.24, 2.45) is 9.98 Å². The number of thioether (sulfide) groups is 1. The molecule has 0 bridgehead atoms. The lowest BCUT2D eigenvalue weighted by atomic mass is 10.2. The molecule has 4 heteroatoms. The average Bonchev–Trinajstić information content (AvgIpc) is 2.93. The van der Waals surface area contributed by atoms with Gasteiger partial charge in [0.1, 0.15) is 0 Å². The Balaban J connectivity index is 1.63. The number of nitrogens with one attached hydrogen (secondary N) is 1. The number of amidine groups is 1. The Morgan fingerprint density at radius 1 is 1.14 bits per heavy atom. The molecule has 0 aliphatic carbocycles. The van der Waals surface area contributed by atoms with Crippen LogP contribution in [0.25, 0.3) is 0 Å². The summed E-state index contributed by atoms with van der Waals surface area (Å²) in [5.41, 5.74) is 3.10. The zero-order valence-corrected chi connectivity index (χ0v) is 12.7. The van der Waals surface area contributed by atoms with Gasteiger partial charge in [0, 0.05) is 17.2 Å². The molecule has 0 fully saturated rings. The number of aliphatic imine (C=N–C) groups is 2. The summed E-state index contributed by atoms with van der Waals surface area (Å²) in [5, 5.41) is 4.91. The second-order valence-electron chi connectivity index (χ2n) is 4.92. The van der Waals surface area contributed by atoms with Crippen LogP contribution in [0.1, 0.15) is 12.5 Å². The summed E-state index contributed by atoms with van der Waals surface area (Å²) in [6.45, 7) is 3.08. The van der Waals surface area contributed by atoms with Crippen LogP contribution in [0.2, 0.25) is 0 Å². The zero-order valence-electron chi connectivity index (χ0n) is 11.9. The molecule has 3 nitrogen and oxygen atoms in total. The molecule has 106 valence electrons. The highest BCUT2D eigenvalue weighted by atomic mass is 32.2. The number of rotatable bonds is 3. The van der Waals surface area contributed by atoms with Gasteiger partial charge in [-0.15, -0.1) is 0 Å². The van der Waals surface area contributed by atoms with E-state index in [-0.39, 0.29) is 0 Å². The molecule has 0 unspecified atom stereocenters. The summed E-state index contributed by atoms with van der Waals surface area (Å²) in [5.74, 6) is 0. The molecule has 1 heterocycles. The highest BCUT2D eigenvalue weighted by molar-refractivity contribution is 8.15. The predicted molar refractivity (Wildman–Crippen MR) is 93.1 cm³/mol. The molecule has 0 amide bonds. The second-order valence-corrected chi connectivity index (χ2v) is 6.34. The van der Waals surface area contributed by atoms with Crippen molar-refractivity contribution in [3.05, 3.63) is 60.2 Å². The van der Waals surface area contributed by atoms with Crippen LogP contribution in [0.5, 0.6) is 0 Å². The summed E-state index contributed by atoms with van der Waals surface area (Å²) >= 11 is 1.78. The van der Waals surface area contributed by atoms with E-state index < -0.39 is 0 Å². The Morgan fingerprint density at radius 2 is 1.90 bits per heavy atom. The minimum absolute atomic E-state index is 0.572. The van der Waals surface area contributed by atoms with E-state index in [0.717, 1.165) is 28.7 Å². The molecule has 0 saturated heterocycles. The van der Waals surface area contributed by atoms with Crippen LogP contribution < -0.4 is 5.32 Å². The maximum Gasteiger partial charge on any atom is 0.161 e. The smallest absolute Gasteiger partial charge is 0.161 e. The molecule has 0 spiro atoms. The van der Waals surface area contributed by atoms with Crippen molar-refractivity contribution < 1.29 is 0 Å². The van der Waals surface area contributed by atoms with Crippen LogP contribution in [0, 0.1) is 0 Å². The molecule has 1 aliphatic heterocycles. The third kappa shape index (κ3) is 3.95. The molecule has 0 saturated carbocycles. The van der Waals surface area contributed by atoms with Crippen LogP contribution in [0.4, 0.5) is 11.4 Å². The number of nitrogens with zero attached hydrogens (tertiary/aromatic N) is 2.